The fourth-order valence-electron chi connectivity index (χ4n) is 2.72. The first-order valence-electron chi connectivity index (χ1n) is 7.37. The van der Waals surface area contributed by atoms with E-state index in [1.54, 1.807) is 12.1 Å². The van der Waals surface area contributed by atoms with Crippen molar-refractivity contribution in [2.75, 3.05) is 19.6 Å². The monoisotopic (exact) mass is 290 g/mol. The van der Waals surface area contributed by atoms with Gasteiger partial charge in [0.15, 0.2) is 5.78 Å². The molecule has 5 heteroatoms. The molecule has 1 fully saturated rings. The highest BCUT2D eigenvalue weighted by Crippen LogP contribution is 2.29. The van der Waals surface area contributed by atoms with Crippen molar-refractivity contribution in [3.05, 3.63) is 39.9 Å². The number of ketones is 1. The maximum absolute atomic E-state index is 12.3. The van der Waals surface area contributed by atoms with Gasteiger partial charge in [0.25, 0.3) is 5.69 Å². The summed E-state index contributed by atoms with van der Waals surface area (Å²) in [6, 6.07) is 5.99. The minimum atomic E-state index is -0.467. The number of likely N-dealkylation sites (tertiary alicyclic amines) is 1. The first-order valence-corrected chi connectivity index (χ1v) is 7.37. The molecule has 1 aromatic carbocycles. The van der Waals surface area contributed by atoms with Crippen LogP contribution in [-0.4, -0.2) is 35.2 Å². The summed E-state index contributed by atoms with van der Waals surface area (Å²) in [6.45, 7) is 6.70. The van der Waals surface area contributed by atoms with Crippen molar-refractivity contribution in [1.29, 1.82) is 0 Å². The van der Waals surface area contributed by atoms with Gasteiger partial charge in [0.1, 0.15) is 0 Å². The van der Waals surface area contributed by atoms with E-state index >= 15 is 0 Å². The zero-order valence-electron chi connectivity index (χ0n) is 12.7. The number of nitro groups is 1. The van der Waals surface area contributed by atoms with Gasteiger partial charge in [-0.3, -0.25) is 19.8 Å². The second kappa shape index (κ2) is 6.35. The summed E-state index contributed by atoms with van der Waals surface area (Å²) in [5, 5.41) is 10.8. The summed E-state index contributed by atoms with van der Waals surface area (Å²) in [7, 11) is 0. The second-order valence-corrected chi connectivity index (χ2v) is 6.52. The van der Waals surface area contributed by atoms with Crippen LogP contribution in [0.3, 0.4) is 0 Å². The molecule has 0 aliphatic carbocycles. The molecule has 0 amide bonds. The minimum Gasteiger partial charge on any atom is -0.296 e. The van der Waals surface area contributed by atoms with Crippen molar-refractivity contribution in [1.82, 2.24) is 4.90 Å². The molecule has 1 aliphatic heterocycles. The van der Waals surface area contributed by atoms with Crippen molar-refractivity contribution >= 4 is 11.5 Å². The molecular weight excluding hydrogens is 268 g/mol. The van der Waals surface area contributed by atoms with E-state index in [0.29, 0.717) is 17.5 Å². The second-order valence-electron chi connectivity index (χ2n) is 6.52. The lowest BCUT2D eigenvalue weighted by Crippen LogP contribution is -2.31. The topological polar surface area (TPSA) is 63.5 Å². The Morgan fingerprint density at radius 2 is 2.10 bits per heavy atom. The molecule has 21 heavy (non-hydrogen) atoms. The van der Waals surface area contributed by atoms with Crippen LogP contribution in [0.15, 0.2) is 24.3 Å². The average Bonchev–Trinajstić information content (AvgIpc) is 2.60. The highest BCUT2D eigenvalue weighted by Gasteiger charge is 2.24. The Labute approximate surface area is 125 Å². The van der Waals surface area contributed by atoms with Crippen LogP contribution < -0.4 is 0 Å². The highest BCUT2D eigenvalue weighted by atomic mass is 16.6. The standard InChI is InChI=1S/C16H22N2O3/c1-16(2)7-4-9-17(10-8-16)12-15(19)13-5-3-6-14(11-13)18(20)21/h3,5-6,11H,4,7-10,12H2,1-2H3. The predicted molar refractivity (Wildman–Crippen MR) is 81.5 cm³/mol. The summed E-state index contributed by atoms with van der Waals surface area (Å²) in [6.07, 6.45) is 3.35. The van der Waals surface area contributed by atoms with Crippen molar-refractivity contribution in [3.63, 3.8) is 0 Å². The van der Waals surface area contributed by atoms with Crippen molar-refractivity contribution < 1.29 is 9.72 Å². The van der Waals surface area contributed by atoms with E-state index in [9.17, 15) is 14.9 Å². The van der Waals surface area contributed by atoms with E-state index < -0.39 is 4.92 Å². The van der Waals surface area contributed by atoms with Gasteiger partial charge in [0.05, 0.1) is 11.5 Å². The molecule has 2 rings (SSSR count). The molecule has 0 N–H and O–H groups in total. The maximum atomic E-state index is 12.3. The third kappa shape index (κ3) is 4.36. The maximum Gasteiger partial charge on any atom is 0.270 e. The number of nitro benzene ring substituents is 1. The molecule has 0 atom stereocenters. The molecule has 1 heterocycles. The van der Waals surface area contributed by atoms with Crippen LogP contribution in [0.5, 0.6) is 0 Å². The fraction of sp³-hybridized carbons (Fsp3) is 0.562. The van der Waals surface area contributed by atoms with Gasteiger partial charge in [-0.2, -0.15) is 0 Å². The summed E-state index contributed by atoms with van der Waals surface area (Å²) >= 11 is 0. The number of non-ortho nitro benzene ring substituents is 1. The first-order chi connectivity index (χ1) is 9.87. The van der Waals surface area contributed by atoms with E-state index in [1.165, 1.54) is 18.6 Å². The quantitative estimate of drug-likeness (QED) is 0.485. The lowest BCUT2D eigenvalue weighted by atomic mass is 9.85. The van der Waals surface area contributed by atoms with Gasteiger partial charge in [-0.15, -0.1) is 0 Å². The lowest BCUT2D eigenvalue weighted by molar-refractivity contribution is -0.384. The molecule has 0 aromatic heterocycles. The number of rotatable bonds is 4. The SMILES string of the molecule is CC1(C)CCCN(CC(=O)c2cccc([N+](=O)[O-])c2)CC1. The van der Waals surface area contributed by atoms with Crippen LogP contribution in [0, 0.1) is 15.5 Å². The van der Waals surface area contributed by atoms with E-state index in [4.69, 9.17) is 0 Å². The van der Waals surface area contributed by atoms with Gasteiger partial charge in [-0.25, -0.2) is 0 Å². The lowest BCUT2D eigenvalue weighted by Gasteiger charge is -2.22. The Balaban J connectivity index is 2.01. The number of carbonyl (C=O) groups excluding carboxylic acids is 1. The van der Waals surface area contributed by atoms with E-state index in [1.807, 2.05) is 0 Å². The van der Waals surface area contributed by atoms with Crippen molar-refractivity contribution in [2.24, 2.45) is 5.41 Å². The van der Waals surface area contributed by atoms with E-state index in [0.717, 1.165) is 25.9 Å². The normalized spacial score (nSPS) is 19.0. The molecule has 1 aliphatic rings. The Morgan fingerprint density at radius 1 is 1.33 bits per heavy atom. The molecule has 0 unspecified atom stereocenters. The Morgan fingerprint density at radius 3 is 2.81 bits per heavy atom. The molecule has 1 aromatic rings. The van der Waals surface area contributed by atoms with Crippen molar-refractivity contribution in [2.45, 2.75) is 33.1 Å². The van der Waals surface area contributed by atoms with Crippen LogP contribution in [0.2, 0.25) is 0 Å². The Kier molecular flexibility index (Phi) is 4.73. The Hall–Kier alpha value is -1.75. The van der Waals surface area contributed by atoms with Gasteiger partial charge in [-0.05, 0) is 37.8 Å². The van der Waals surface area contributed by atoms with Crippen LogP contribution in [0.25, 0.3) is 0 Å². The van der Waals surface area contributed by atoms with Gasteiger partial charge in [0, 0.05) is 17.7 Å². The highest BCUT2D eigenvalue weighted by molar-refractivity contribution is 5.98. The first kappa shape index (κ1) is 15.6. The van der Waals surface area contributed by atoms with Gasteiger partial charge < -0.3 is 0 Å². The van der Waals surface area contributed by atoms with E-state index in [-0.39, 0.29) is 11.5 Å². The zero-order valence-corrected chi connectivity index (χ0v) is 12.7. The number of carbonyl (C=O) groups is 1. The van der Waals surface area contributed by atoms with Gasteiger partial charge in [-0.1, -0.05) is 26.0 Å². The number of hydrogen-bond donors (Lipinski definition) is 0. The molecule has 0 saturated carbocycles. The third-order valence-corrected chi connectivity index (χ3v) is 4.18. The molecule has 0 spiro atoms. The summed E-state index contributed by atoms with van der Waals surface area (Å²) in [5.74, 6) is -0.0431. The number of hydrogen-bond acceptors (Lipinski definition) is 4. The minimum absolute atomic E-state index is 0.0298. The smallest absolute Gasteiger partial charge is 0.270 e. The van der Waals surface area contributed by atoms with Gasteiger partial charge >= 0.3 is 0 Å². The zero-order chi connectivity index (χ0) is 15.5. The largest absolute Gasteiger partial charge is 0.296 e. The summed E-state index contributed by atoms with van der Waals surface area (Å²) in [5.41, 5.74) is 0.731. The average molecular weight is 290 g/mol. The number of benzene rings is 1. The molecule has 114 valence electrons. The van der Waals surface area contributed by atoms with Crippen LogP contribution in [0.4, 0.5) is 5.69 Å². The summed E-state index contributed by atoms with van der Waals surface area (Å²) < 4.78 is 0. The van der Waals surface area contributed by atoms with Crippen LogP contribution in [-0.2, 0) is 0 Å². The van der Waals surface area contributed by atoms with Crippen molar-refractivity contribution in [3.8, 4) is 0 Å². The predicted octanol–water partition coefficient (Wildman–Crippen LogP) is 3.29. The molecular formula is C16H22N2O3. The van der Waals surface area contributed by atoms with E-state index in [2.05, 4.69) is 18.7 Å². The molecule has 1 saturated heterocycles. The number of Topliss-reactive ketones (excluding diaryl/α,β-unsaturated/α-hetero) is 1. The summed E-state index contributed by atoms with van der Waals surface area (Å²) in [4.78, 5) is 24.8. The van der Waals surface area contributed by atoms with Crippen LogP contribution in [0.1, 0.15) is 43.5 Å². The fourth-order valence-corrected chi connectivity index (χ4v) is 2.72. The number of nitrogens with zero attached hydrogens (tertiary/aromatic N) is 2. The molecule has 0 bridgehead atoms. The Bertz CT molecular complexity index is 540. The third-order valence-electron chi connectivity index (χ3n) is 4.18. The van der Waals surface area contributed by atoms with Gasteiger partial charge in [0.2, 0.25) is 0 Å². The van der Waals surface area contributed by atoms with Crippen LogP contribution >= 0.6 is 0 Å². The molecule has 5 nitrogen and oxygen atoms in total. The molecule has 0 radical (unpaired) electrons.